The second-order valence-electron chi connectivity index (χ2n) is 10.1. The summed E-state index contributed by atoms with van der Waals surface area (Å²) in [6.45, 7) is -0.369. The molecule has 2 aliphatic heterocycles. The molecule has 4 aromatic rings. The monoisotopic (exact) mass is 612 g/mol. The summed E-state index contributed by atoms with van der Waals surface area (Å²) in [5.41, 5.74) is -4.10. The molecular formula is C32H27F3O7S. The van der Waals surface area contributed by atoms with E-state index in [9.17, 15) is 21.6 Å². The van der Waals surface area contributed by atoms with Crippen LogP contribution in [0.25, 0.3) is 0 Å². The second-order valence-corrected chi connectivity index (χ2v) is 11.6. The molecule has 0 spiro atoms. The molecule has 43 heavy (non-hydrogen) atoms. The van der Waals surface area contributed by atoms with Crippen molar-refractivity contribution in [2.75, 3.05) is 6.61 Å². The topological polar surface area (TPSA) is 80.3 Å². The summed E-state index contributed by atoms with van der Waals surface area (Å²) in [6, 6.07) is 36.6. The van der Waals surface area contributed by atoms with Gasteiger partial charge in [0.05, 0.1) is 6.61 Å². The highest BCUT2D eigenvalue weighted by molar-refractivity contribution is 7.87. The Balaban J connectivity index is 1.36. The number of ether oxygens (including phenoxy) is 4. The van der Waals surface area contributed by atoms with Gasteiger partial charge >= 0.3 is 15.6 Å². The molecule has 2 heterocycles. The van der Waals surface area contributed by atoms with E-state index in [4.69, 9.17) is 23.1 Å². The van der Waals surface area contributed by atoms with Crippen LogP contribution in [0.2, 0.25) is 0 Å². The molecule has 2 aliphatic rings. The third-order valence-electron chi connectivity index (χ3n) is 7.40. The highest BCUT2D eigenvalue weighted by atomic mass is 32.2. The van der Waals surface area contributed by atoms with E-state index in [1.165, 1.54) is 0 Å². The van der Waals surface area contributed by atoms with E-state index in [-0.39, 0.29) is 6.61 Å². The second kappa shape index (κ2) is 11.8. The summed E-state index contributed by atoms with van der Waals surface area (Å²) in [7, 11) is -6.02. The van der Waals surface area contributed by atoms with Crippen LogP contribution in [0.5, 0.6) is 0 Å². The van der Waals surface area contributed by atoms with Gasteiger partial charge in [-0.2, -0.15) is 21.6 Å². The van der Waals surface area contributed by atoms with Crippen LogP contribution < -0.4 is 0 Å². The zero-order valence-electron chi connectivity index (χ0n) is 22.5. The molecule has 6 rings (SSSR count). The molecule has 0 radical (unpaired) electrons. The first-order valence-electron chi connectivity index (χ1n) is 13.5. The summed E-state index contributed by atoms with van der Waals surface area (Å²) in [6.07, 6.45) is -6.50. The summed E-state index contributed by atoms with van der Waals surface area (Å²) in [4.78, 5) is 0. The molecule has 2 fully saturated rings. The van der Waals surface area contributed by atoms with E-state index in [0.717, 1.165) is 16.7 Å². The number of hydrogen-bond acceptors (Lipinski definition) is 7. The Morgan fingerprint density at radius 3 is 1.58 bits per heavy atom. The summed E-state index contributed by atoms with van der Waals surface area (Å²) < 4.78 is 94.1. The van der Waals surface area contributed by atoms with Crippen molar-refractivity contribution in [2.45, 2.75) is 42.0 Å². The summed E-state index contributed by atoms with van der Waals surface area (Å²) in [5, 5.41) is 0. The van der Waals surface area contributed by atoms with Crippen LogP contribution in [0.15, 0.2) is 121 Å². The normalized spacial score (nSPS) is 24.1. The van der Waals surface area contributed by atoms with E-state index in [2.05, 4.69) is 0 Å². The highest BCUT2D eigenvalue weighted by Gasteiger charge is 2.59. The molecule has 0 aliphatic carbocycles. The number of rotatable bonds is 9. The Hall–Kier alpha value is -3.58. The number of halogens is 3. The number of alkyl halides is 3. The molecule has 0 bridgehead atoms. The summed E-state index contributed by atoms with van der Waals surface area (Å²) >= 11 is 0. The van der Waals surface area contributed by atoms with Crippen molar-refractivity contribution in [3.8, 4) is 0 Å². The smallest absolute Gasteiger partial charge is 0.358 e. The van der Waals surface area contributed by atoms with E-state index < -0.39 is 52.1 Å². The fraction of sp³-hybridized carbons (Fsp3) is 0.250. The number of benzene rings is 4. The Kier molecular flexibility index (Phi) is 8.12. The molecule has 4 aromatic carbocycles. The minimum atomic E-state index is -6.02. The van der Waals surface area contributed by atoms with Crippen LogP contribution in [-0.2, 0) is 38.8 Å². The lowest BCUT2D eigenvalue weighted by atomic mass is 9.80. The van der Waals surface area contributed by atoms with Crippen molar-refractivity contribution in [1.29, 1.82) is 0 Å². The summed E-state index contributed by atoms with van der Waals surface area (Å²) in [5.74, 6) is 0. The van der Waals surface area contributed by atoms with Gasteiger partial charge in [0, 0.05) is 5.56 Å². The molecule has 0 N–H and O–H groups in total. The van der Waals surface area contributed by atoms with Gasteiger partial charge in [-0.1, -0.05) is 121 Å². The number of hydrogen-bond donors (Lipinski definition) is 0. The zero-order chi connectivity index (χ0) is 30.1. The van der Waals surface area contributed by atoms with E-state index >= 15 is 0 Å². The Labute approximate surface area is 246 Å². The molecule has 0 aromatic heterocycles. The van der Waals surface area contributed by atoms with Gasteiger partial charge in [0.25, 0.3) is 0 Å². The minimum absolute atomic E-state index is 0.369. The van der Waals surface area contributed by atoms with Crippen LogP contribution >= 0.6 is 0 Å². The number of fused-ring (bicyclic) bond motifs is 1. The third-order valence-corrected chi connectivity index (χ3v) is 8.45. The molecule has 2 saturated heterocycles. The minimum Gasteiger partial charge on any atom is -0.358 e. The first-order valence-corrected chi connectivity index (χ1v) is 14.9. The van der Waals surface area contributed by atoms with Gasteiger partial charge < -0.3 is 18.9 Å². The average molecular weight is 613 g/mol. The molecule has 0 unspecified atom stereocenters. The van der Waals surface area contributed by atoms with E-state index in [0.29, 0.717) is 5.56 Å². The van der Waals surface area contributed by atoms with Crippen LogP contribution in [0.4, 0.5) is 13.2 Å². The predicted molar refractivity (Wildman–Crippen MR) is 149 cm³/mol. The van der Waals surface area contributed by atoms with Crippen LogP contribution in [-0.4, -0.2) is 45.1 Å². The maximum Gasteiger partial charge on any atom is 0.523 e. The fourth-order valence-electron chi connectivity index (χ4n) is 5.44. The van der Waals surface area contributed by atoms with Gasteiger partial charge in [-0.15, -0.1) is 0 Å². The van der Waals surface area contributed by atoms with Crippen molar-refractivity contribution in [2.24, 2.45) is 0 Å². The van der Waals surface area contributed by atoms with Crippen LogP contribution in [0.3, 0.4) is 0 Å². The van der Waals surface area contributed by atoms with Gasteiger partial charge in [-0.3, -0.25) is 4.18 Å². The lowest BCUT2D eigenvalue weighted by molar-refractivity contribution is -0.184. The van der Waals surface area contributed by atoms with Gasteiger partial charge in [0.1, 0.15) is 23.9 Å². The molecule has 0 saturated carbocycles. The van der Waals surface area contributed by atoms with Crippen molar-refractivity contribution in [1.82, 2.24) is 0 Å². The average Bonchev–Trinajstić information content (AvgIpc) is 3.58. The first-order chi connectivity index (χ1) is 20.7. The Morgan fingerprint density at radius 1 is 0.651 bits per heavy atom. The SMILES string of the molecule is O=S(=O)(O[C@@H]1[C@H]2O[C@H](c3ccccc3)O[C@H]2O[C@@H]1COC(c1ccccc1)(c1ccccc1)c1ccccc1)C(F)(F)F. The maximum atomic E-state index is 13.5. The molecule has 0 amide bonds. The zero-order valence-corrected chi connectivity index (χ0v) is 23.4. The molecule has 5 atom stereocenters. The van der Waals surface area contributed by atoms with Crippen molar-refractivity contribution < 1.29 is 44.7 Å². The molecular weight excluding hydrogens is 585 g/mol. The fourth-order valence-corrected chi connectivity index (χ4v) is 6.07. The van der Waals surface area contributed by atoms with E-state index in [1.54, 1.807) is 30.3 Å². The Bertz CT molecular complexity index is 1510. The van der Waals surface area contributed by atoms with Crippen molar-refractivity contribution in [3.05, 3.63) is 144 Å². The molecule has 11 heteroatoms. The van der Waals surface area contributed by atoms with Crippen LogP contribution in [0, 0.1) is 0 Å². The molecule has 7 nitrogen and oxygen atoms in total. The van der Waals surface area contributed by atoms with Gasteiger partial charge in [0.2, 0.25) is 0 Å². The van der Waals surface area contributed by atoms with Gasteiger partial charge in [0.15, 0.2) is 12.6 Å². The lowest BCUT2D eigenvalue weighted by Gasteiger charge is -2.37. The van der Waals surface area contributed by atoms with Crippen molar-refractivity contribution >= 4 is 10.1 Å². The van der Waals surface area contributed by atoms with E-state index in [1.807, 2.05) is 91.0 Å². The largest absolute Gasteiger partial charge is 0.523 e. The quantitative estimate of drug-likeness (QED) is 0.129. The molecule has 224 valence electrons. The van der Waals surface area contributed by atoms with Gasteiger partial charge in [-0.25, -0.2) is 0 Å². The predicted octanol–water partition coefficient (Wildman–Crippen LogP) is 6.07. The standard InChI is InChI=1S/C32H27F3O7S/c33-32(34,35)43(36,37)42-27-26(39-30-28(27)40-29(41-30)22-13-5-1-6-14-22)21-38-31(23-15-7-2-8-16-23,24-17-9-3-10-18-24)25-19-11-4-12-20-25/h1-20,26-30H,21H2/t26-,27+,28-,29+,30-/m1/s1. The highest BCUT2D eigenvalue weighted by Crippen LogP contribution is 2.45. The first kappa shape index (κ1) is 29.5. The van der Waals surface area contributed by atoms with Crippen LogP contribution in [0.1, 0.15) is 28.5 Å². The lowest BCUT2D eigenvalue weighted by Crippen LogP contribution is -2.44. The van der Waals surface area contributed by atoms with Gasteiger partial charge in [-0.05, 0) is 16.7 Å². The maximum absolute atomic E-state index is 13.5. The third kappa shape index (κ3) is 5.72. The van der Waals surface area contributed by atoms with Crippen molar-refractivity contribution in [3.63, 3.8) is 0 Å². The Morgan fingerprint density at radius 2 is 1.12 bits per heavy atom.